The van der Waals surface area contributed by atoms with Crippen LogP contribution in [-0.4, -0.2) is 54.6 Å². The van der Waals surface area contributed by atoms with E-state index in [-0.39, 0.29) is 13.2 Å². The second-order valence-electron chi connectivity index (χ2n) is 7.20. The zero-order valence-electron chi connectivity index (χ0n) is 15.6. The first-order valence-electron chi connectivity index (χ1n) is 8.50. The molecule has 1 amide bonds. The fourth-order valence-corrected chi connectivity index (χ4v) is 2.89. The number of methoxy groups -OCH3 is 1. The molecule has 0 aliphatic carbocycles. The van der Waals surface area contributed by atoms with E-state index in [1.54, 1.807) is 20.8 Å². The van der Waals surface area contributed by atoms with E-state index in [1.807, 2.05) is 30.3 Å². The highest BCUT2D eigenvalue weighted by Gasteiger charge is 2.49. The second kappa shape index (κ2) is 8.31. The zero-order valence-corrected chi connectivity index (χ0v) is 15.6. The van der Waals surface area contributed by atoms with E-state index in [0.29, 0.717) is 0 Å². The highest BCUT2D eigenvalue weighted by atomic mass is 16.6. The van der Waals surface area contributed by atoms with Crippen LogP contribution in [0, 0.1) is 11.3 Å². The largest absolute Gasteiger partial charge is 0.459 e. The third-order valence-corrected chi connectivity index (χ3v) is 4.06. The van der Waals surface area contributed by atoms with E-state index < -0.39 is 35.7 Å². The smallest absolute Gasteiger partial charge is 0.411 e. The maximum absolute atomic E-state index is 12.7. The molecule has 1 heterocycles. The maximum atomic E-state index is 12.7. The Morgan fingerprint density at radius 3 is 2.46 bits per heavy atom. The fourth-order valence-electron chi connectivity index (χ4n) is 2.89. The average Bonchev–Trinajstić information content (AvgIpc) is 2.98. The van der Waals surface area contributed by atoms with Gasteiger partial charge in [-0.3, -0.25) is 4.90 Å². The lowest BCUT2D eigenvalue weighted by molar-refractivity contribution is -0.153. The summed E-state index contributed by atoms with van der Waals surface area (Å²) >= 11 is 0. The van der Waals surface area contributed by atoms with Gasteiger partial charge in [-0.2, -0.15) is 0 Å². The topological polar surface area (TPSA) is 88.9 Å². The normalized spacial score (nSPS) is 22.8. The summed E-state index contributed by atoms with van der Waals surface area (Å²) in [6.45, 7) is 5.54. The number of esters is 1. The van der Waals surface area contributed by atoms with Gasteiger partial charge in [0.1, 0.15) is 12.2 Å². The molecule has 26 heavy (non-hydrogen) atoms. The molecule has 1 fully saturated rings. The van der Waals surface area contributed by atoms with Gasteiger partial charge in [0.2, 0.25) is 0 Å². The van der Waals surface area contributed by atoms with Gasteiger partial charge < -0.3 is 19.6 Å². The first-order chi connectivity index (χ1) is 12.3. The van der Waals surface area contributed by atoms with Crippen LogP contribution >= 0.6 is 0 Å². The molecule has 0 aromatic heterocycles. The molecule has 0 spiro atoms. The van der Waals surface area contributed by atoms with Crippen molar-refractivity contribution < 1.29 is 23.8 Å². The van der Waals surface area contributed by atoms with Crippen LogP contribution in [0.3, 0.4) is 0 Å². The van der Waals surface area contributed by atoms with Gasteiger partial charge in [0.15, 0.2) is 6.04 Å². The van der Waals surface area contributed by atoms with Gasteiger partial charge in [-0.15, -0.1) is 0 Å². The highest BCUT2D eigenvalue weighted by Crippen LogP contribution is 2.28. The molecular weight excluding hydrogens is 336 g/mol. The van der Waals surface area contributed by atoms with Crippen molar-refractivity contribution in [3.63, 3.8) is 0 Å². The van der Waals surface area contributed by atoms with Crippen LogP contribution in [-0.2, 0) is 25.6 Å². The number of rotatable bonds is 5. The van der Waals surface area contributed by atoms with Gasteiger partial charge in [0.25, 0.3) is 0 Å². The summed E-state index contributed by atoms with van der Waals surface area (Å²) in [4.78, 5) is 26.5. The molecule has 3 atom stereocenters. The van der Waals surface area contributed by atoms with Crippen molar-refractivity contribution in [3.8, 4) is 0 Å². The van der Waals surface area contributed by atoms with Crippen molar-refractivity contribution in [1.82, 2.24) is 4.90 Å². The number of benzene rings is 1. The summed E-state index contributed by atoms with van der Waals surface area (Å²) in [5, 5.41) is 7.58. The van der Waals surface area contributed by atoms with Gasteiger partial charge in [-0.25, -0.2) is 9.59 Å². The van der Waals surface area contributed by atoms with E-state index in [4.69, 9.17) is 19.6 Å². The van der Waals surface area contributed by atoms with Crippen molar-refractivity contribution in [1.29, 1.82) is 5.41 Å². The third kappa shape index (κ3) is 4.82. The Labute approximate surface area is 153 Å². The molecular formula is C19H26N2O5. The van der Waals surface area contributed by atoms with E-state index in [2.05, 4.69) is 0 Å². The van der Waals surface area contributed by atoms with Gasteiger partial charge >= 0.3 is 12.1 Å². The predicted octanol–water partition coefficient (Wildman–Crippen LogP) is 2.63. The number of nitrogens with one attached hydrogen (secondary N) is 1. The third-order valence-electron chi connectivity index (χ3n) is 4.06. The van der Waals surface area contributed by atoms with Gasteiger partial charge in [0, 0.05) is 25.8 Å². The number of amides is 1. The highest BCUT2D eigenvalue weighted by molar-refractivity contribution is 5.84. The standard InChI is InChI=1S/C19H26N2O5/c1-19(2,3)26-18(23)21-11-14(10-20)16(24-4)15(21)17(22)25-12-13-8-6-5-7-9-13/h5-10,14-16,20H,11-12H2,1-4H3/t14-,15+,16+/m1/s1. The van der Waals surface area contributed by atoms with Gasteiger partial charge in [-0.1, -0.05) is 30.3 Å². The quantitative estimate of drug-likeness (QED) is 0.642. The van der Waals surface area contributed by atoms with Crippen LogP contribution in [0.15, 0.2) is 30.3 Å². The number of carbonyl (C=O) groups is 2. The monoisotopic (exact) mass is 362 g/mol. The maximum Gasteiger partial charge on any atom is 0.411 e. The summed E-state index contributed by atoms with van der Waals surface area (Å²) in [5.74, 6) is -0.974. The summed E-state index contributed by atoms with van der Waals surface area (Å²) in [6, 6.07) is 8.33. The number of hydrogen-bond donors (Lipinski definition) is 1. The minimum absolute atomic E-state index is 0.101. The van der Waals surface area contributed by atoms with Crippen LogP contribution in [0.1, 0.15) is 26.3 Å². The lowest BCUT2D eigenvalue weighted by Crippen LogP contribution is -2.48. The molecule has 7 heteroatoms. The lowest BCUT2D eigenvalue weighted by atomic mass is 10.0. The summed E-state index contributed by atoms with van der Waals surface area (Å²) in [5.41, 5.74) is 0.154. The van der Waals surface area contributed by atoms with Crippen molar-refractivity contribution in [2.75, 3.05) is 13.7 Å². The Hall–Kier alpha value is -2.41. The Balaban J connectivity index is 2.16. The van der Waals surface area contributed by atoms with Gasteiger partial charge in [-0.05, 0) is 26.3 Å². The Morgan fingerprint density at radius 1 is 1.27 bits per heavy atom. The summed E-state index contributed by atoms with van der Waals surface area (Å²) < 4.78 is 16.2. The zero-order chi connectivity index (χ0) is 19.3. The molecule has 2 rings (SSSR count). The predicted molar refractivity (Wildman–Crippen MR) is 96.0 cm³/mol. The summed E-state index contributed by atoms with van der Waals surface area (Å²) in [7, 11) is 1.46. The van der Waals surface area contributed by atoms with E-state index in [0.717, 1.165) is 5.56 Å². The Bertz CT molecular complexity index is 641. The minimum Gasteiger partial charge on any atom is -0.459 e. The molecule has 0 saturated carbocycles. The average molecular weight is 362 g/mol. The number of nitrogens with zero attached hydrogens (tertiary/aromatic N) is 1. The van der Waals surface area contributed by atoms with Gasteiger partial charge in [0.05, 0.1) is 6.10 Å². The van der Waals surface area contributed by atoms with Crippen molar-refractivity contribution >= 4 is 18.3 Å². The van der Waals surface area contributed by atoms with Crippen LogP contribution < -0.4 is 0 Å². The van der Waals surface area contributed by atoms with E-state index in [1.165, 1.54) is 18.2 Å². The van der Waals surface area contributed by atoms with Crippen LogP contribution in [0.2, 0.25) is 0 Å². The Morgan fingerprint density at radius 2 is 1.92 bits per heavy atom. The SMILES string of the molecule is CO[C@H]1[C@H](C=N)CN(C(=O)OC(C)(C)C)[C@@H]1C(=O)OCc1ccccc1. The molecule has 1 aliphatic rings. The van der Waals surface area contributed by atoms with E-state index >= 15 is 0 Å². The minimum atomic E-state index is -0.954. The van der Waals surface area contributed by atoms with Crippen LogP contribution in [0.5, 0.6) is 0 Å². The molecule has 7 nitrogen and oxygen atoms in total. The molecule has 0 bridgehead atoms. The molecule has 0 radical (unpaired) electrons. The molecule has 1 aromatic carbocycles. The number of hydrogen-bond acceptors (Lipinski definition) is 6. The van der Waals surface area contributed by atoms with Crippen molar-refractivity contribution in [3.05, 3.63) is 35.9 Å². The molecule has 142 valence electrons. The van der Waals surface area contributed by atoms with Crippen molar-refractivity contribution in [2.45, 2.75) is 45.1 Å². The molecule has 1 N–H and O–H groups in total. The number of carbonyl (C=O) groups excluding carboxylic acids is 2. The molecule has 1 aliphatic heterocycles. The van der Waals surface area contributed by atoms with Crippen LogP contribution in [0.25, 0.3) is 0 Å². The van der Waals surface area contributed by atoms with E-state index in [9.17, 15) is 9.59 Å². The van der Waals surface area contributed by atoms with Crippen molar-refractivity contribution in [2.24, 2.45) is 5.92 Å². The summed E-state index contributed by atoms with van der Waals surface area (Å²) in [6.07, 6.45) is -0.0791. The lowest BCUT2D eigenvalue weighted by Gasteiger charge is -2.28. The van der Waals surface area contributed by atoms with Crippen LogP contribution in [0.4, 0.5) is 4.79 Å². The first-order valence-corrected chi connectivity index (χ1v) is 8.50. The Kier molecular flexibility index (Phi) is 6.37. The fraction of sp³-hybridized carbons (Fsp3) is 0.526. The molecule has 1 saturated heterocycles. The molecule has 1 aromatic rings. The molecule has 0 unspecified atom stereocenters. The number of likely N-dealkylation sites (tertiary alicyclic amines) is 1. The number of ether oxygens (including phenoxy) is 3. The first kappa shape index (κ1) is 19.9. The second-order valence-corrected chi connectivity index (χ2v) is 7.20.